The zero-order valence-electron chi connectivity index (χ0n) is 14.2. The summed E-state index contributed by atoms with van der Waals surface area (Å²) in [7, 11) is 0. The van der Waals surface area contributed by atoms with Crippen LogP contribution in [0.1, 0.15) is 47.3 Å². The van der Waals surface area contributed by atoms with Crippen LogP contribution in [0.25, 0.3) is 11.1 Å². The molecule has 7 heteroatoms. The first kappa shape index (κ1) is 14.9. The summed E-state index contributed by atoms with van der Waals surface area (Å²) in [5, 5.41) is 8.34. The minimum absolute atomic E-state index is 0.0327. The highest BCUT2D eigenvalue weighted by Gasteiger charge is 2.38. The number of nitrogens with zero attached hydrogens (tertiary/aromatic N) is 4. The number of hydrogen-bond donors (Lipinski definition) is 1. The second kappa shape index (κ2) is 4.90. The standard InChI is InChI=1S/C17H19N5O2/c1-9-7-10(2)22(21-9)16(23)12-11(3)24-15-13(12)14(18-8-19-15)20-17(4)5-6-17/h7-8H,5-6H2,1-4H3,(H,18,19,20). The monoisotopic (exact) mass is 325 g/mol. The SMILES string of the molecule is Cc1cc(C)n(C(=O)c2c(C)oc3ncnc(NC4(C)CC4)c23)n1. The van der Waals surface area contributed by atoms with Crippen molar-refractivity contribution in [3.05, 3.63) is 35.1 Å². The summed E-state index contributed by atoms with van der Waals surface area (Å²) in [5.74, 6) is 0.935. The molecule has 3 aromatic heterocycles. The van der Waals surface area contributed by atoms with E-state index in [1.807, 2.05) is 19.9 Å². The number of carbonyl (C=O) groups is 1. The van der Waals surface area contributed by atoms with Crippen molar-refractivity contribution < 1.29 is 9.21 Å². The average Bonchev–Trinajstić information content (AvgIpc) is 2.98. The molecule has 0 amide bonds. The highest BCUT2D eigenvalue weighted by atomic mass is 16.3. The van der Waals surface area contributed by atoms with Crippen molar-refractivity contribution in [1.82, 2.24) is 19.7 Å². The Bertz CT molecular complexity index is 965. The van der Waals surface area contributed by atoms with E-state index in [9.17, 15) is 4.79 Å². The van der Waals surface area contributed by atoms with E-state index in [2.05, 4.69) is 27.3 Å². The van der Waals surface area contributed by atoms with Crippen LogP contribution >= 0.6 is 0 Å². The Kier molecular flexibility index (Phi) is 3.03. The zero-order chi connectivity index (χ0) is 17.1. The number of fused-ring (bicyclic) bond motifs is 1. The van der Waals surface area contributed by atoms with Gasteiger partial charge in [0.2, 0.25) is 5.71 Å². The van der Waals surface area contributed by atoms with Gasteiger partial charge in [-0.15, -0.1) is 0 Å². The molecular weight excluding hydrogens is 306 g/mol. The smallest absolute Gasteiger partial charge is 0.282 e. The van der Waals surface area contributed by atoms with Gasteiger partial charge in [0.15, 0.2) is 0 Å². The predicted molar refractivity (Wildman–Crippen MR) is 89.2 cm³/mol. The molecule has 0 radical (unpaired) electrons. The van der Waals surface area contributed by atoms with Crippen LogP contribution < -0.4 is 5.32 Å². The van der Waals surface area contributed by atoms with Crippen molar-refractivity contribution in [3.63, 3.8) is 0 Å². The van der Waals surface area contributed by atoms with E-state index in [1.165, 1.54) is 11.0 Å². The Hall–Kier alpha value is -2.70. The summed E-state index contributed by atoms with van der Waals surface area (Å²) in [6, 6.07) is 1.87. The fourth-order valence-corrected chi connectivity index (χ4v) is 2.94. The fourth-order valence-electron chi connectivity index (χ4n) is 2.94. The Labute approximate surface area is 139 Å². The molecule has 3 aromatic rings. The molecule has 0 saturated heterocycles. The molecule has 3 heterocycles. The van der Waals surface area contributed by atoms with E-state index >= 15 is 0 Å². The molecule has 4 rings (SSSR count). The van der Waals surface area contributed by atoms with Gasteiger partial charge in [0.1, 0.15) is 17.9 Å². The maximum absolute atomic E-state index is 13.1. The Morgan fingerprint density at radius 3 is 2.67 bits per heavy atom. The van der Waals surface area contributed by atoms with Gasteiger partial charge in [-0.05, 0) is 46.6 Å². The largest absolute Gasteiger partial charge is 0.442 e. The highest BCUT2D eigenvalue weighted by Crippen LogP contribution is 2.40. The number of rotatable bonds is 3. The van der Waals surface area contributed by atoms with Gasteiger partial charge < -0.3 is 9.73 Å². The van der Waals surface area contributed by atoms with Crippen molar-refractivity contribution in [2.24, 2.45) is 0 Å². The number of nitrogens with one attached hydrogen (secondary N) is 1. The first-order valence-corrected chi connectivity index (χ1v) is 7.98. The molecule has 1 fully saturated rings. The molecule has 1 saturated carbocycles. The topological polar surface area (TPSA) is 85.8 Å². The Morgan fingerprint density at radius 2 is 2.04 bits per heavy atom. The lowest BCUT2D eigenvalue weighted by molar-refractivity contribution is 0.0942. The summed E-state index contributed by atoms with van der Waals surface area (Å²) in [6.45, 7) is 7.62. The Balaban J connectivity index is 1.89. The van der Waals surface area contributed by atoms with Gasteiger partial charge in [0.25, 0.3) is 5.91 Å². The maximum Gasteiger partial charge on any atom is 0.282 e. The van der Waals surface area contributed by atoms with Gasteiger partial charge in [0, 0.05) is 11.2 Å². The minimum Gasteiger partial charge on any atom is -0.442 e. The summed E-state index contributed by atoms with van der Waals surface area (Å²) in [5.41, 5.74) is 2.49. The normalized spacial score (nSPS) is 15.7. The lowest BCUT2D eigenvalue weighted by Crippen LogP contribution is -2.19. The second-order valence-electron chi connectivity index (χ2n) is 6.77. The number of anilines is 1. The van der Waals surface area contributed by atoms with Crippen molar-refractivity contribution >= 4 is 22.8 Å². The third kappa shape index (κ3) is 2.28. The molecule has 1 N–H and O–H groups in total. The first-order valence-electron chi connectivity index (χ1n) is 7.98. The molecule has 0 aromatic carbocycles. The average molecular weight is 325 g/mol. The van der Waals surface area contributed by atoms with Crippen molar-refractivity contribution in [1.29, 1.82) is 0 Å². The third-order valence-electron chi connectivity index (χ3n) is 4.50. The molecule has 1 aliphatic carbocycles. The number of furan rings is 1. The van der Waals surface area contributed by atoms with Gasteiger partial charge in [-0.25, -0.2) is 14.6 Å². The van der Waals surface area contributed by atoms with Crippen LogP contribution in [-0.2, 0) is 0 Å². The lowest BCUT2D eigenvalue weighted by Gasteiger charge is -2.13. The van der Waals surface area contributed by atoms with Crippen LogP contribution in [-0.4, -0.2) is 31.2 Å². The van der Waals surface area contributed by atoms with Gasteiger partial charge in [-0.2, -0.15) is 5.10 Å². The van der Waals surface area contributed by atoms with E-state index in [1.54, 1.807) is 6.92 Å². The molecule has 0 aliphatic heterocycles. The molecule has 124 valence electrons. The van der Waals surface area contributed by atoms with Crippen LogP contribution in [0.5, 0.6) is 0 Å². The molecular formula is C17H19N5O2. The molecule has 0 bridgehead atoms. The Morgan fingerprint density at radius 1 is 1.29 bits per heavy atom. The van der Waals surface area contributed by atoms with Crippen molar-refractivity contribution in [2.45, 2.75) is 46.1 Å². The predicted octanol–water partition coefficient (Wildman–Crippen LogP) is 3.00. The minimum atomic E-state index is -0.226. The summed E-state index contributed by atoms with van der Waals surface area (Å²) < 4.78 is 7.12. The summed E-state index contributed by atoms with van der Waals surface area (Å²) in [6.07, 6.45) is 3.61. The third-order valence-corrected chi connectivity index (χ3v) is 4.50. The number of aromatic nitrogens is 4. The first-order chi connectivity index (χ1) is 11.4. The second-order valence-corrected chi connectivity index (χ2v) is 6.77. The zero-order valence-corrected chi connectivity index (χ0v) is 14.2. The molecule has 0 spiro atoms. The maximum atomic E-state index is 13.1. The van der Waals surface area contributed by atoms with E-state index in [0.717, 1.165) is 24.2 Å². The van der Waals surface area contributed by atoms with Crippen LogP contribution in [0.2, 0.25) is 0 Å². The van der Waals surface area contributed by atoms with Crippen molar-refractivity contribution in [3.8, 4) is 0 Å². The summed E-state index contributed by atoms with van der Waals surface area (Å²) >= 11 is 0. The van der Waals surface area contributed by atoms with E-state index < -0.39 is 0 Å². The highest BCUT2D eigenvalue weighted by molar-refractivity contribution is 6.10. The van der Waals surface area contributed by atoms with E-state index in [4.69, 9.17) is 4.42 Å². The van der Waals surface area contributed by atoms with Gasteiger partial charge >= 0.3 is 0 Å². The molecule has 24 heavy (non-hydrogen) atoms. The van der Waals surface area contributed by atoms with E-state index in [0.29, 0.717) is 28.2 Å². The molecule has 0 unspecified atom stereocenters. The van der Waals surface area contributed by atoms with Gasteiger partial charge in [0.05, 0.1) is 16.6 Å². The lowest BCUT2D eigenvalue weighted by atomic mass is 10.1. The number of hydrogen-bond acceptors (Lipinski definition) is 6. The molecule has 7 nitrogen and oxygen atoms in total. The summed E-state index contributed by atoms with van der Waals surface area (Å²) in [4.78, 5) is 21.6. The van der Waals surface area contributed by atoms with Crippen LogP contribution in [0.15, 0.2) is 16.8 Å². The number of aryl methyl sites for hydroxylation is 3. The number of carbonyl (C=O) groups excluding carboxylic acids is 1. The fraction of sp³-hybridized carbons (Fsp3) is 0.412. The van der Waals surface area contributed by atoms with E-state index in [-0.39, 0.29) is 11.4 Å². The van der Waals surface area contributed by atoms with Gasteiger partial charge in [-0.1, -0.05) is 0 Å². The van der Waals surface area contributed by atoms with Crippen LogP contribution in [0.3, 0.4) is 0 Å². The molecule has 1 aliphatic rings. The molecule has 0 atom stereocenters. The quantitative estimate of drug-likeness (QED) is 0.796. The van der Waals surface area contributed by atoms with Crippen LogP contribution in [0.4, 0.5) is 5.82 Å². The van der Waals surface area contributed by atoms with Gasteiger partial charge in [-0.3, -0.25) is 4.79 Å². The van der Waals surface area contributed by atoms with Crippen molar-refractivity contribution in [2.75, 3.05) is 5.32 Å². The van der Waals surface area contributed by atoms with Crippen LogP contribution in [0, 0.1) is 20.8 Å².